The van der Waals surface area contributed by atoms with Crippen molar-refractivity contribution < 1.29 is 4.74 Å². The number of halogens is 1. The van der Waals surface area contributed by atoms with Crippen molar-refractivity contribution in [2.45, 2.75) is 12.4 Å². The highest BCUT2D eigenvalue weighted by Crippen LogP contribution is 2.24. The Bertz CT molecular complexity index is 545. The molecule has 0 saturated heterocycles. The molecule has 4 heteroatoms. The van der Waals surface area contributed by atoms with E-state index in [1.165, 1.54) is 0 Å². The van der Waals surface area contributed by atoms with Crippen molar-refractivity contribution in [1.82, 2.24) is 4.98 Å². The number of hydrogen-bond donors (Lipinski definition) is 0. The van der Waals surface area contributed by atoms with Gasteiger partial charge in [0.2, 0.25) is 0 Å². The average Bonchev–Trinajstić information content (AvgIpc) is 2.47. The number of hydrogen-bond acceptors (Lipinski definition) is 3. The van der Waals surface area contributed by atoms with Gasteiger partial charge in [-0.3, -0.25) is 4.98 Å². The van der Waals surface area contributed by atoms with Gasteiger partial charge in [-0.05, 0) is 12.1 Å². The number of nitrogens with zero attached hydrogens (tertiary/aromatic N) is 2. The summed E-state index contributed by atoms with van der Waals surface area (Å²) in [6.45, 7) is 0.762. The SMILES string of the molecule is COc1ccccc1CN(C)c1ccncc1CCl. The Balaban J connectivity index is 2.23. The monoisotopic (exact) mass is 276 g/mol. The van der Waals surface area contributed by atoms with Crippen LogP contribution in [-0.2, 0) is 12.4 Å². The minimum Gasteiger partial charge on any atom is -0.496 e. The van der Waals surface area contributed by atoms with Crippen LogP contribution in [0.5, 0.6) is 5.75 Å². The van der Waals surface area contributed by atoms with E-state index in [2.05, 4.69) is 16.0 Å². The third kappa shape index (κ3) is 3.18. The third-order valence-electron chi connectivity index (χ3n) is 3.03. The number of benzene rings is 1. The molecule has 0 radical (unpaired) electrons. The molecule has 0 fully saturated rings. The first-order chi connectivity index (χ1) is 9.26. The molecule has 3 nitrogen and oxygen atoms in total. The fourth-order valence-corrected chi connectivity index (χ4v) is 2.28. The molecule has 0 aliphatic rings. The Hall–Kier alpha value is -1.74. The maximum Gasteiger partial charge on any atom is 0.123 e. The van der Waals surface area contributed by atoms with E-state index in [0.29, 0.717) is 5.88 Å². The van der Waals surface area contributed by atoms with E-state index in [9.17, 15) is 0 Å². The number of para-hydroxylation sites is 1. The van der Waals surface area contributed by atoms with Crippen LogP contribution in [0.1, 0.15) is 11.1 Å². The predicted octanol–water partition coefficient (Wildman–Crippen LogP) is 3.47. The summed E-state index contributed by atoms with van der Waals surface area (Å²) in [7, 11) is 3.73. The van der Waals surface area contributed by atoms with Gasteiger partial charge in [0, 0.05) is 42.8 Å². The molecule has 1 heterocycles. The standard InChI is InChI=1S/C15H17ClN2O/c1-18(14-7-8-17-10-13(14)9-16)11-12-5-3-4-6-15(12)19-2/h3-8,10H,9,11H2,1-2H3. The number of ether oxygens (including phenoxy) is 1. The molecule has 0 aliphatic carbocycles. The zero-order chi connectivity index (χ0) is 13.7. The van der Waals surface area contributed by atoms with Crippen molar-refractivity contribution in [1.29, 1.82) is 0 Å². The van der Waals surface area contributed by atoms with Gasteiger partial charge in [-0.15, -0.1) is 11.6 Å². The summed E-state index contributed by atoms with van der Waals surface area (Å²) in [6, 6.07) is 10.0. The quantitative estimate of drug-likeness (QED) is 0.782. The molecule has 0 atom stereocenters. The third-order valence-corrected chi connectivity index (χ3v) is 3.32. The Morgan fingerprint density at radius 1 is 1.21 bits per heavy atom. The van der Waals surface area contributed by atoms with Gasteiger partial charge >= 0.3 is 0 Å². The topological polar surface area (TPSA) is 25.4 Å². The van der Waals surface area contributed by atoms with E-state index in [1.54, 1.807) is 19.5 Å². The second kappa shape index (κ2) is 6.43. The van der Waals surface area contributed by atoms with E-state index >= 15 is 0 Å². The zero-order valence-electron chi connectivity index (χ0n) is 11.1. The molecule has 0 N–H and O–H groups in total. The number of anilines is 1. The minimum absolute atomic E-state index is 0.458. The lowest BCUT2D eigenvalue weighted by Gasteiger charge is -2.22. The Labute approximate surface area is 118 Å². The van der Waals surface area contributed by atoms with Crippen LogP contribution < -0.4 is 9.64 Å². The van der Waals surface area contributed by atoms with Crippen molar-refractivity contribution in [2.75, 3.05) is 19.1 Å². The van der Waals surface area contributed by atoms with E-state index in [1.807, 2.05) is 31.3 Å². The first-order valence-corrected chi connectivity index (χ1v) is 6.61. The molecule has 0 amide bonds. The highest BCUT2D eigenvalue weighted by Gasteiger charge is 2.09. The van der Waals surface area contributed by atoms with E-state index in [0.717, 1.165) is 29.1 Å². The lowest BCUT2D eigenvalue weighted by Crippen LogP contribution is -2.18. The summed E-state index contributed by atoms with van der Waals surface area (Å²) >= 11 is 5.95. The molecule has 0 bridgehead atoms. The molecule has 0 aliphatic heterocycles. The number of pyridine rings is 1. The summed E-state index contributed by atoms with van der Waals surface area (Å²) in [4.78, 5) is 6.25. The lowest BCUT2D eigenvalue weighted by molar-refractivity contribution is 0.409. The van der Waals surface area contributed by atoms with Crippen LogP contribution in [-0.4, -0.2) is 19.1 Å². The molecular weight excluding hydrogens is 260 g/mol. The Kier molecular flexibility index (Phi) is 4.63. The fourth-order valence-electron chi connectivity index (χ4n) is 2.07. The van der Waals surface area contributed by atoms with Crippen LogP contribution in [0.4, 0.5) is 5.69 Å². The van der Waals surface area contributed by atoms with Gasteiger partial charge in [-0.1, -0.05) is 18.2 Å². The number of alkyl halides is 1. The van der Waals surface area contributed by atoms with Gasteiger partial charge in [0.1, 0.15) is 5.75 Å². The summed E-state index contributed by atoms with van der Waals surface area (Å²) in [5.41, 5.74) is 3.27. The summed E-state index contributed by atoms with van der Waals surface area (Å²) in [5.74, 6) is 1.36. The molecular formula is C15H17ClN2O. The minimum atomic E-state index is 0.458. The molecule has 2 aromatic rings. The van der Waals surface area contributed by atoms with Gasteiger partial charge < -0.3 is 9.64 Å². The molecule has 0 spiro atoms. The summed E-state index contributed by atoms with van der Waals surface area (Å²) in [5, 5.41) is 0. The first-order valence-electron chi connectivity index (χ1n) is 6.08. The van der Waals surface area contributed by atoms with E-state index < -0.39 is 0 Å². The van der Waals surface area contributed by atoms with E-state index in [-0.39, 0.29) is 0 Å². The lowest BCUT2D eigenvalue weighted by atomic mass is 10.1. The van der Waals surface area contributed by atoms with Crippen molar-refractivity contribution in [3.8, 4) is 5.75 Å². The van der Waals surface area contributed by atoms with Crippen LogP contribution in [0.3, 0.4) is 0 Å². The van der Waals surface area contributed by atoms with Crippen LogP contribution >= 0.6 is 11.6 Å². The highest BCUT2D eigenvalue weighted by molar-refractivity contribution is 6.17. The number of aromatic nitrogens is 1. The maximum atomic E-state index is 5.95. The predicted molar refractivity (Wildman–Crippen MR) is 78.9 cm³/mol. The van der Waals surface area contributed by atoms with Gasteiger partial charge in [0.15, 0.2) is 0 Å². The molecule has 0 unspecified atom stereocenters. The highest BCUT2D eigenvalue weighted by atomic mass is 35.5. The Morgan fingerprint density at radius 3 is 2.74 bits per heavy atom. The van der Waals surface area contributed by atoms with Crippen LogP contribution in [0.25, 0.3) is 0 Å². The van der Waals surface area contributed by atoms with Gasteiger partial charge in [-0.25, -0.2) is 0 Å². The van der Waals surface area contributed by atoms with Gasteiger partial charge in [0.25, 0.3) is 0 Å². The first kappa shape index (κ1) is 13.7. The largest absolute Gasteiger partial charge is 0.496 e. The molecule has 100 valence electrons. The van der Waals surface area contributed by atoms with Crippen molar-refractivity contribution in [2.24, 2.45) is 0 Å². The van der Waals surface area contributed by atoms with Crippen LogP contribution in [0, 0.1) is 0 Å². The molecule has 0 saturated carbocycles. The number of rotatable bonds is 5. The van der Waals surface area contributed by atoms with Crippen LogP contribution in [0.2, 0.25) is 0 Å². The van der Waals surface area contributed by atoms with Crippen molar-refractivity contribution >= 4 is 17.3 Å². The fraction of sp³-hybridized carbons (Fsp3) is 0.267. The zero-order valence-corrected chi connectivity index (χ0v) is 11.9. The second-order valence-electron chi connectivity index (χ2n) is 4.31. The molecule has 1 aromatic heterocycles. The average molecular weight is 277 g/mol. The number of methoxy groups -OCH3 is 1. The second-order valence-corrected chi connectivity index (χ2v) is 4.57. The molecule has 19 heavy (non-hydrogen) atoms. The molecule has 2 rings (SSSR count). The Morgan fingerprint density at radius 2 is 2.00 bits per heavy atom. The molecule has 1 aromatic carbocycles. The van der Waals surface area contributed by atoms with E-state index in [4.69, 9.17) is 16.3 Å². The normalized spacial score (nSPS) is 10.3. The maximum absolute atomic E-state index is 5.95. The summed E-state index contributed by atoms with van der Waals surface area (Å²) < 4.78 is 5.37. The van der Waals surface area contributed by atoms with Crippen molar-refractivity contribution in [3.05, 3.63) is 53.9 Å². The van der Waals surface area contributed by atoms with Gasteiger partial charge in [-0.2, -0.15) is 0 Å². The van der Waals surface area contributed by atoms with Crippen LogP contribution in [0.15, 0.2) is 42.7 Å². The van der Waals surface area contributed by atoms with Gasteiger partial charge in [0.05, 0.1) is 13.0 Å². The summed E-state index contributed by atoms with van der Waals surface area (Å²) in [6.07, 6.45) is 3.59. The van der Waals surface area contributed by atoms with Crippen molar-refractivity contribution in [3.63, 3.8) is 0 Å². The smallest absolute Gasteiger partial charge is 0.123 e.